The van der Waals surface area contributed by atoms with E-state index in [0.29, 0.717) is 31.6 Å². The summed E-state index contributed by atoms with van der Waals surface area (Å²) >= 11 is 0. The lowest BCUT2D eigenvalue weighted by Gasteiger charge is -2.34. The molecule has 1 aliphatic rings. The highest BCUT2D eigenvalue weighted by atomic mass is 35.5. The van der Waals surface area contributed by atoms with Crippen LogP contribution in [0.2, 0.25) is 0 Å². The van der Waals surface area contributed by atoms with E-state index >= 15 is 0 Å². The van der Waals surface area contributed by atoms with Gasteiger partial charge in [0.25, 0.3) is 0 Å². The Kier molecular flexibility index (Phi) is 5.46. The monoisotopic (exact) mass is 297 g/mol. The standard InChI is InChI=1S/C12H14F3NO2.ClH/c13-9-7-8(1-2-10(9)18-11(14)15)12(16)3-5-17-6-4-12;/h1-2,7,11H,3-6,16H2;1H. The van der Waals surface area contributed by atoms with Crippen molar-refractivity contribution < 1.29 is 22.6 Å². The van der Waals surface area contributed by atoms with Gasteiger partial charge in [-0.3, -0.25) is 0 Å². The van der Waals surface area contributed by atoms with Crippen molar-refractivity contribution in [1.29, 1.82) is 0 Å². The number of halogens is 4. The van der Waals surface area contributed by atoms with Gasteiger partial charge in [-0.25, -0.2) is 4.39 Å². The molecule has 0 spiro atoms. The van der Waals surface area contributed by atoms with E-state index in [1.807, 2.05) is 0 Å². The first-order chi connectivity index (χ1) is 8.51. The summed E-state index contributed by atoms with van der Waals surface area (Å²) in [6.07, 6.45) is 1.14. The van der Waals surface area contributed by atoms with Gasteiger partial charge in [0.1, 0.15) is 0 Å². The number of hydrogen-bond donors (Lipinski definition) is 1. The van der Waals surface area contributed by atoms with Crippen molar-refractivity contribution in [2.24, 2.45) is 5.73 Å². The largest absolute Gasteiger partial charge is 0.432 e. The van der Waals surface area contributed by atoms with Crippen LogP contribution in [0.5, 0.6) is 5.75 Å². The summed E-state index contributed by atoms with van der Waals surface area (Å²) in [5.74, 6) is -1.30. The van der Waals surface area contributed by atoms with E-state index < -0.39 is 23.7 Å². The van der Waals surface area contributed by atoms with Crippen molar-refractivity contribution in [2.75, 3.05) is 13.2 Å². The second kappa shape index (κ2) is 6.45. The minimum atomic E-state index is -3.04. The molecule has 0 bridgehead atoms. The summed E-state index contributed by atoms with van der Waals surface area (Å²) in [7, 11) is 0. The van der Waals surface area contributed by atoms with Gasteiger partial charge in [0, 0.05) is 18.8 Å². The second-order valence-electron chi connectivity index (χ2n) is 4.29. The molecule has 2 N–H and O–H groups in total. The Bertz CT molecular complexity index is 425. The lowest BCUT2D eigenvalue weighted by molar-refractivity contribution is -0.0522. The average Bonchev–Trinajstić information content (AvgIpc) is 2.32. The number of nitrogens with two attached hydrogens (primary N) is 1. The van der Waals surface area contributed by atoms with Crippen molar-refractivity contribution in [3.8, 4) is 5.75 Å². The van der Waals surface area contributed by atoms with E-state index in [9.17, 15) is 13.2 Å². The summed E-state index contributed by atoms with van der Waals surface area (Å²) in [5, 5.41) is 0. The molecule has 3 nitrogen and oxygen atoms in total. The Balaban J connectivity index is 0.00000180. The molecule has 0 amide bonds. The van der Waals surface area contributed by atoms with Crippen LogP contribution in [0, 0.1) is 5.82 Å². The summed E-state index contributed by atoms with van der Waals surface area (Å²) in [6, 6.07) is 3.86. The molecule has 1 heterocycles. The second-order valence-corrected chi connectivity index (χ2v) is 4.29. The Morgan fingerprint density at radius 2 is 1.89 bits per heavy atom. The van der Waals surface area contributed by atoms with E-state index in [0.717, 1.165) is 6.07 Å². The molecule has 0 unspecified atom stereocenters. The van der Waals surface area contributed by atoms with Crippen LogP contribution in [0.4, 0.5) is 13.2 Å². The van der Waals surface area contributed by atoms with Gasteiger partial charge < -0.3 is 15.2 Å². The Morgan fingerprint density at radius 3 is 2.42 bits per heavy atom. The smallest absolute Gasteiger partial charge is 0.387 e. The Hall–Kier alpha value is -0.980. The number of hydrogen-bond acceptors (Lipinski definition) is 3. The lowest BCUT2D eigenvalue weighted by atomic mass is 9.84. The van der Waals surface area contributed by atoms with E-state index in [2.05, 4.69) is 4.74 Å². The van der Waals surface area contributed by atoms with E-state index in [4.69, 9.17) is 10.5 Å². The molecule has 0 aromatic heterocycles. The van der Waals surface area contributed by atoms with Crippen molar-refractivity contribution in [2.45, 2.75) is 25.0 Å². The summed E-state index contributed by atoms with van der Waals surface area (Å²) in [6.45, 7) is -2.03. The minimum absolute atomic E-state index is 0. The van der Waals surface area contributed by atoms with Gasteiger partial charge in [-0.1, -0.05) is 6.07 Å². The van der Waals surface area contributed by atoms with Crippen LogP contribution in [0.25, 0.3) is 0 Å². The molecule has 2 rings (SSSR count). The van der Waals surface area contributed by atoms with Crippen molar-refractivity contribution >= 4 is 12.4 Å². The molecule has 0 radical (unpaired) electrons. The molecule has 108 valence electrons. The fourth-order valence-corrected chi connectivity index (χ4v) is 2.03. The van der Waals surface area contributed by atoms with Crippen molar-refractivity contribution in [1.82, 2.24) is 0 Å². The molecule has 1 aromatic rings. The third kappa shape index (κ3) is 3.75. The molecule has 0 saturated carbocycles. The van der Waals surface area contributed by atoms with Gasteiger partial charge in [0.2, 0.25) is 0 Å². The predicted molar refractivity (Wildman–Crippen MR) is 66.2 cm³/mol. The normalized spacial score (nSPS) is 17.9. The molecule has 1 aliphatic heterocycles. The lowest BCUT2D eigenvalue weighted by Crippen LogP contribution is -2.42. The highest BCUT2D eigenvalue weighted by Gasteiger charge is 2.30. The van der Waals surface area contributed by atoms with Gasteiger partial charge in [0.15, 0.2) is 11.6 Å². The Morgan fingerprint density at radius 1 is 1.26 bits per heavy atom. The maximum Gasteiger partial charge on any atom is 0.387 e. The zero-order valence-electron chi connectivity index (χ0n) is 10.1. The molecular formula is C12H15ClF3NO2. The first-order valence-electron chi connectivity index (χ1n) is 5.63. The SMILES string of the molecule is Cl.NC1(c2ccc(OC(F)F)c(F)c2)CCOCC1. The van der Waals surface area contributed by atoms with E-state index in [1.165, 1.54) is 12.1 Å². The first kappa shape index (κ1) is 16.1. The molecule has 1 aromatic carbocycles. The highest BCUT2D eigenvalue weighted by Crippen LogP contribution is 2.32. The van der Waals surface area contributed by atoms with Crippen LogP contribution in [-0.2, 0) is 10.3 Å². The fourth-order valence-electron chi connectivity index (χ4n) is 2.03. The minimum Gasteiger partial charge on any atom is -0.432 e. The third-order valence-electron chi connectivity index (χ3n) is 3.11. The third-order valence-corrected chi connectivity index (χ3v) is 3.11. The molecule has 7 heteroatoms. The average molecular weight is 298 g/mol. The maximum atomic E-state index is 13.6. The van der Waals surface area contributed by atoms with Crippen LogP contribution in [-0.4, -0.2) is 19.8 Å². The zero-order valence-corrected chi connectivity index (χ0v) is 10.9. The van der Waals surface area contributed by atoms with Crippen LogP contribution in [0.1, 0.15) is 18.4 Å². The molecule has 1 fully saturated rings. The number of alkyl halides is 2. The summed E-state index contributed by atoms with van der Waals surface area (Å²) in [5.41, 5.74) is 6.07. The first-order valence-corrected chi connectivity index (χ1v) is 5.63. The van der Waals surface area contributed by atoms with E-state index in [-0.39, 0.29) is 12.4 Å². The van der Waals surface area contributed by atoms with Gasteiger partial charge in [0.05, 0.1) is 0 Å². The molecule has 19 heavy (non-hydrogen) atoms. The Labute approximate surface area is 115 Å². The van der Waals surface area contributed by atoms with Crippen LogP contribution < -0.4 is 10.5 Å². The van der Waals surface area contributed by atoms with Gasteiger partial charge in [-0.2, -0.15) is 8.78 Å². The predicted octanol–water partition coefficient (Wildman–Crippen LogP) is 2.81. The summed E-state index contributed by atoms with van der Waals surface area (Å²) in [4.78, 5) is 0. The molecule has 0 atom stereocenters. The maximum absolute atomic E-state index is 13.6. The molecule has 0 aliphatic carbocycles. The van der Waals surface area contributed by atoms with Gasteiger partial charge >= 0.3 is 6.61 Å². The highest BCUT2D eigenvalue weighted by molar-refractivity contribution is 5.85. The van der Waals surface area contributed by atoms with Crippen molar-refractivity contribution in [3.63, 3.8) is 0 Å². The quantitative estimate of drug-likeness (QED) is 0.933. The topological polar surface area (TPSA) is 44.5 Å². The summed E-state index contributed by atoms with van der Waals surface area (Å²) < 4.78 is 46.8. The van der Waals surface area contributed by atoms with Crippen molar-refractivity contribution in [3.05, 3.63) is 29.6 Å². The number of ether oxygens (including phenoxy) is 2. The fraction of sp³-hybridized carbons (Fsp3) is 0.500. The number of benzene rings is 1. The molecule has 1 saturated heterocycles. The number of rotatable bonds is 3. The van der Waals surface area contributed by atoms with E-state index in [1.54, 1.807) is 0 Å². The zero-order chi connectivity index (χ0) is 13.2. The van der Waals surface area contributed by atoms with Crippen LogP contribution in [0.15, 0.2) is 18.2 Å². The van der Waals surface area contributed by atoms with Crippen LogP contribution in [0.3, 0.4) is 0 Å². The van der Waals surface area contributed by atoms with Crippen LogP contribution >= 0.6 is 12.4 Å². The van der Waals surface area contributed by atoms with Gasteiger partial charge in [-0.15, -0.1) is 12.4 Å². The van der Waals surface area contributed by atoms with Gasteiger partial charge in [-0.05, 0) is 30.5 Å². The molecular weight excluding hydrogens is 283 g/mol.